The van der Waals surface area contributed by atoms with Crippen LogP contribution in [0.5, 0.6) is 0 Å². The third kappa shape index (κ3) is 2.84. The molecule has 2 heterocycles. The lowest BCUT2D eigenvalue weighted by Gasteiger charge is -2.62. The Hall–Kier alpha value is -1.37. The van der Waals surface area contributed by atoms with Crippen molar-refractivity contribution in [2.75, 3.05) is 13.7 Å². The van der Waals surface area contributed by atoms with Crippen LogP contribution in [0.25, 0.3) is 0 Å². The molecule has 0 amide bonds. The van der Waals surface area contributed by atoms with Gasteiger partial charge in [-0.2, -0.15) is 0 Å². The van der Waals surface area contributed by atoms with E-state index in [2.05, 4.69) is 12.2 Å². The first-order valence-corrected chi connectivity index (χ1v) is 10.0. The van der Waals surface area contributed by atoms with Crippen LogP contribution in [0.4, 0.5) is 0 Å². The lowest BCUT2D eigenvalue weighted by Crippen LogP contribution is -2.69. The highest BCUT2D eigenvalue weighted by Crippen LogP contribution is 2.61. The Bertz CT molecular complexity index is 691. The van der Waals surface area contributed by atoms with E-state index >= 15 is 0 Å². The van der Waals surface area contributed by atoms with Crippen molar-refractivity contribution in [2.24, 2.45) is 17.3 Å². The van der Waals surface area contributed by atoms with Crippen molar-refractivity contribution in [1.29, 1.82) is 0 Å². The molecule has 2 aliphatic carbocycles. The number of hydrogen-bond acceptors (Lipinski definition) is 6. The van der Waals surface area contributed by atoms with E-state index in [9.17, 15) is 9.90 Å². The number of carbonyl (C=O) groups is 1. The maximum atomic E-state index is 12.6. The number of rotatable bonds is 5. The van der Waals surface area contributed by atoms with Gasteiger partial charge in [0.25, 0.3) is 0 Å². The SMILES string of the molecule is CO[C@]1(C)CCC[C@]2(C)C[C@H]3OC(=O)[C@H](CNCc4ccco4)[C@@H]3C[C@@]21O. The minimum Gasteiger partial charge on any atom is -0.468 e. The molecular weight excluding hydrogens is 346 g/mol. The van der Waals surface area contributed by atoms with Crippen molar-refractivity contribution < 1.29 is 23.8 Å². The van der Waals surface area contributed by atoms with Gasteiger partial charge in [0.1, 0.15) is 11.9 Å². The molecule has 1 aliphatic heterocycles. The number of fused-ring (bicyclic) bond motifs is 2. The third-order valence-corrected chi connectivity index (χ3v) is 7.70. The van der Waals surface area contributed by atoms with E-state index in [1.807, 2.05) is 19.1 Å². The lowest BCUT2D eigenvalue weighted by atomic mass is 9.49. The summed E-state index contributed by atoms with van der Waals surface area (Å²) in [7, 11) is 1.69. The van der Waals surface area contributed by atoms with Gasteiger partial charge < -0.3 is 24.3 Å². The molecule has 0 radical (unpaired) electrons. The number of methoxy groups -OCH3 is 1. The minimum absolute atomic E-state index is 0.00671. The molecule has 27 heavy (non-hydrogen) atoms. The second-order valence-corrected chi connectivity index (χ2v) is 9.07. The first-order chi connectivity index (χ1) is 12.8. The summed E-state index contributed by atoms with van der Waals surface area (Å²) in [6.45, 7) is 5.26. The average molecular weight is 377 g/mol. The van der Waals surface area contributed by atoms with Gasteiger partial charge in [-0.1, -0.05) is 6.92 Å². The monoisotopic (exact) mass is 377 g/mol. The maximum absolute atomic E-state index is 12.6. The summed E-state index contributed by atoms with van der Waals surface area (Å²) in [4.78, 5) is 12.6. The van der Waals surface area contributed by atoms with Gasteiger partial charge in [-0.05, 0) is 51.2 Å². The quantitative estimate of drug-likeness (QED) is 0.768. The smallest absolute Gasteiger partial charge is 0.310 e. The summed E-state index contributed by atoms with van der Waals surface area (Å²) in [5.41, 5.74) is -1.85. The summed E-state index contributed by atoms with van der Waals surface area (Å²) in [6, 6.07) is 3.76. The summed E-state index contributed by atoms with van der Waals surface area (Å²) in [6.07, 6.45) is 5.56. The van der Waals surface area contributed by atoms with Crippen LogP contribution < -0.4 is 5.32 Å². The van der Waals surface area contributed by atoms with Gasteiger partial charge in [0.15, 0.2) is 0 Å². The van der Waals surface area contributed by atoms with E-state index in [1.165, 1.54) is 0 Å². The van der Waals surface area contributed by atoms with Crippen molar-refractivity contribution in [3.63, 3.8) is 0 Å². The Morgan fingerprint density at radius 3 is 2.85 bits per heavy atom. The second kappa shape index (κ2) is 6.61. The van der Waals surface area contributed by atoms with Crippen LogP contribution in [0.15, 0.2) is 22.8 Å². The molecule has 0 spiro atoms. The van der Waals surface area contributed by atoms with Crippen LogP contribution in [0.1, 0.15) is 51.7 Å². The van der Waals surface area contributed by atoms with E-state index in [0.717, 1.165) is 25.0 Å². The molecule has 0 unspecified atom stereocenters. The van der Waals surface area contributed by atoms with Crippen molar-refractivity contribution in [1.82, 2.24) is 5.32 Å². The molecule has 6 heteroatoms. The Morgan fingerprint density at radius 1 is 1.33 bits per heavy atom. The predicted molar refractivity (Wildman–Crippen MR) is 98.8 cm³/mol. The maximum Gasteiger partial charge on any atom is 0.310 e. The van der Waals surface area contributed by atoms with Crippen LogP contribution in [0, 0.1) is 17.3 Å². The zero-order valence-electron chi connectivity index (χ0n) is 16.5. The highest BCUT2D eigenvalue weighted by molar-refractivity contribution is 5.75. The number of furan rings is 1. The first kappa shape index (κ1) is 19.0. The van der Waals surface area contributed by atoms with Crippen LogP contribution >= 0.6 is 0 Å². The van der Waals surface area contributed by atoms with Crippen molar-refractivity contribution in [3.05, 3.63) is 24.2 Å². The largest absolute Gasteiger partial charge is 0.468 e. The Kier molecular flexibility index (Phi) is 4.64. The standard InChI is InChI=1S/C21H31NO5/c1-19-7-5-8-20(2,25-3)21(19,24)10-15-16(18(23)27-17(15)11-19)13-22-12-14-6-4-9-26-14/h4,6,9,15-17,22,24H,5,7-8,10-13H2,1-3H3/t15-,16+,17+,19+,20+,21+/m0/s1. The number of ether oxygens (including phenoxy) is 2. The van der Waals surface area contributed by atoms with E-state index in [0.29, 0.717) is 25.9 Å². The van der Waals surface area contributed by atoms with Gasteiger partial charge in [-0.25, -0.2) is 0 Å². The van der Waals surface area contributed by atoms with E-state index < -0.39 is 11.2 Å². The number of nitrogens with one attached hydrogen (secondary N) is 1. The summed E-state index contributed by atoms with van der Waals surface area (Å²) >= 11 is 0. The Balaban J connectivity index is 1.52. The summed E-state index contributed by atoms with van der Waals surface area (Å²) in [5.74, 6) is 0.447. The van der Waals surface area contributed by atoms with Crippen LogP contribution in [0.2, 0.25) is 0 Å². The highest BCUT2D eigenvalue weighted by atomic mass is 16.6. The van der Waals surface area contributed by atoms with Crippen molar-refractivity contribution in [2.45, 2.75) is 69.8 Å². The molecule has 6 atom stereocenters. The molecule has 0 aromatic carbocycles. The molecule has 1 saturated heterocycles. The van der Waals surface area contributed by atoms with E-state index in [4.69, 9.17) is 13.9 Å². The lowest BCUT2D eigenvalue weighted by molar-refractivity contribution is -0.270. The highest BCUT2D eigenvalue weighted by Gasteiger charge is 2.67. The van der Waals surface area contributed by atoms with Gasteiger partial charge in [0.2, 0.25) is 0 Å². The molecule has 4 rings (SSSR count). The molecule has 1 aromatic rings. The van der Waals surface area contributed by atoms with Gasteiger partial charge in [0, 0.05) is 25.0 Å². The van der Waals surface area contributed by atoms with E-state index in [-0.39, 0.29) is 29.3 Å². The fourth-order valence-electron chi connectivity index (χ4n) is 5.88. The van der Waals surface area contributed by atoms with E-state index in [1.54, 1.807) is 13.4 Å². The van der Waals surface area contributed by atoms with Gasteiger partial charge in [0.05, 0.1) is 29.9 Å². The van der Waals surface area contributed by atoms with Gasteiger partial charge in [-0.3, -0.25) is 4.79 Å². The molecule has 6 nitrogen and oxygen atoms in total. The zero-order chi connectivity index (χ0) is 19.3. The molecule has 1 aromatic heterocycles. The summed E-state index contributed by atoms with van der Waals surface area (Å²) < 4.78 is 17.0. The van der Waals surface area contributed by atoms with Crippen LogP contribution in [-0.4, -0.2) is 42.0 Å². The van der Waals surface area contributed by atoms with Crippen molar-refractivity contribution >= 4 is 5.97 Å². The third-order valence-electron chi connectivity index (χ3n) is 7.70. The molecular formula is C21H31NO5. The summed E-state index contributed by atoms with van der Waals surface area (Å²) in [5, 5.41) is 15.2. The molecule has 2 saturated carbocycles. The fraction of sp³-hybridized carbons (Fsp3) is 0.762. The Morgan fingerprint density at radius 2 is 2.15 bits per heavy atom. The zero-order valence-corrected chi connectivity index (χ0v) is 16.5. The second-order valence-electron chi connectivity index (χ2n) is 9.07. The Labute approximate surface area is 160 Å². The van der Waals surface area contributed by atoms with Crippen LogP contribution in [-0.2, 0) is 20.8 Å². The molecule has 3 aliphatic rings. The molecule has 150 valence electrons. The molecule has 3 fully saturated rings. The minimum atomic E-state index is -0.957. The first-order valence-electron chi connectivity index (χ1n) is 10.0. The fourth-order valence-corrected chi connectivity index (χ4v) is 5.88. The van der Waals surface area contributed by atoms with Gasteiger partial charge in [-0.15, -0.1) is 0 Å². The van der Waals surface area contributed by atoms with Crippen LogP contribution in [0.3, 0.4) is 0 Å². The molecule has 0 bridgehead atoms. The number of hydrogen-bond donors (Lipinski definition) is 2. The number of carbonyl (C=O) groups excluding carboxylic acids is 1. The van der Waals surface area contributed by atoms with Crippen molar-refractivity contribution in [3.8, 4) is 0 Å². The normalized spacial score (nSPS) is 43.9. The number of esters is 1. The number of aliphatic hydroxyl groups is 1. The van der Waals surface area contributed by atoms with Gasteiger partial charge >= 0.3 is 5.97 Å². The predicted octanol–water partition coefficient (Wildman–Crippen LogP) is 2.65. The average Bonchev–Trinajstić information content (AvgIpc) is 3.23. The molecule has 2 N–H and O–H groups in total. The topological polar surface area (TPSA) is 80.9 Å².